The van der Waals surface area contributed by atoms with Crippen molar-refractivity contribution in [3.05, 3.63) is 77.4 Å². The van der Waals surface area contributed by atoms with E-state index in [-0.39, 0.29) is 48.6 Å². The minimum absolute atomic E-state index is 0.00128. The number of aromatic hydroxyl groups is 1. The average molecular weight is 589 g/mol. The number of carbonyl (C=O) groups is 5. The number of phenols is 1. The molecule has 0 bridgehead atoms. The van der Waals surface area contributed by atoms with Crippen LogP contribution in [0.4, 0.5) is 0 Å². The molecule has 1 heterocycles. The molecule has 0 saturated carbocycles. The second kappa shape index (κ2) is 13.5. The van der Waals surface area contributed by atoms with Crippen LogP contribution in [-0.2, 0) is 20.8 Å². The number of benzene rings is 3. The Bertz CT molecular complexity index is 1480. The molecule has 226 valence electrons. The zero-order valence-electron chi connectivity index (χ0n) is 24.3. The van der Waals surface area contributed by atoms with Gasteiger partial charge in [-0.3, -0.25) is 34.2 Å². The zero-order chi connectivity index (χ0) is 31.3. The van der Waals surface area contributed by atoms with E-state index >= 15 is 0 Å². The molecule has 43 heavy (non-hydrogen) atoms. The number of fused-ring (bicyclic) bond motifs is 2. The van der Waals surface area contributed by atoms with E-state index in [1.807, 2.05) is 38.1 Å². The van der Waals surface area contributed by atoms with E-state index in [1.54, 1.807) is 24.3 Å². The summed E-state index contributed by atoms with van der Waals surface area (Å²) in [6, 6.07) is 13.8. The number of aliphatic carboxylic acids is 1. The lowest BCUT2D eigenvalue weighted by Gasteiger charge is -2.27. The van der Waals surface area contributed by atoms with Crippen LogP contribution in [0.1, 0.15) is 53.0 Å². The van der Waals surface area contributed by atoms with Crippen LogP contribution in [0.3, 0.4) is 0 Å². The van der Waals surface area contributed by atoms with E-state index in [0.717, 1.165) is 15.7 Å². The second-order valence-electron chi connectivity index (χ2n) is 11.1. The van der Waals surface area contributed by atoms with Crippen LogP contribution in [0.2, 0.25) is 0 Å². The molecule has 0 radical (unpaired) electrons. The molecule has 3 unspecified atom stereocenters. The lowest BCUT2D eigenvalue weighted by Crippen LogP contribution is -2.56. The third-order valence-electron chi connectivity index (χ3n) is 7.46. The number of hydrogen-bond donors (Lipinski definition) is 5. The predicted molar refractivity (Wildman–Crippen MR) is 160 cm³/mol. The molecular formula is C32H36N4O7. The fourth-order valence-corrected chi connectivity index (χ4v) is 5.21. The normalized spacial score (nSPS) is 14.8. The summed E-state index contributed by atoms with van der Waals surface area (Å²) in [5.74, 6) is -3.14. The van der Waals surface area contributed by atoms with Crippen molar-refractivity contribution in [1.82, 2.24) is 20.9 Å². The number of carboxylic acids is 1. The lowest BCUT2D eigenvalue weighted by atomic mass is 9.99. The Labute approximate surface area is 249 Å². The molecule has 0 aromatic heterocycles. The Balaban J connectivity index is 1.47. The highest BCUT2D eigenvalue weighted by atomic mass is 16.4. The standard InChI is InChI=1S/C32H36N4O7/c1-18(2)14-26(29(39)35-27(28(38)33-3)15-19-8-10-22(37)11-9-19)34-25(32(42)43)12-13-36-30(40)23-16-20-6-4-5-7-21(20)17-24(23)31(36)41/h4-11,16-18,25-27,34,37H,12-15H2,1-3H3,(H,33,38)(H,35,39)(H,42,43). The van der Waals surface area contributed by atoms with Gasteiger partial charge < -0.3 is 20.8 Å². The summed E-state index contributed by atoms with van der Waals surface area (Å²) in [4.78, 5) is 65.6. The Hall–Kier alpha value is -4.77. The Morgan fingerprint density at radius 2 is 1.42 bits per heavy atom. The summed E-state index contributed by atoms with van der Waals surface area (Å²) in [5.41, 5.74) is 1.25. The second-order valence-corrected chi connectivity index (χ2v) is 11.1. The highest BCUT2D eigenvalue weighted by Gasteiger charge is 2.37. The topological polar surface area (TPSA) is 165 Å². The number of amides is 4. The van der Waals surface area contributed by atoms with Crippen molar-refractivity contribution >= 4 is 40.4 Å². The first-order valence-corrected chi connectivity index (χ1v) is 14.2. The Kier molecular flexibility index (Phi) is 9.77. The van der Waals surface area contributed by atoms with Crippen molar-refractivity contribution in [2.24, 2.45) is 5.92 Å². The van der Waals surface area contributed by atoms with Crippen molar-refractivity contribution in [3.63, 3.8) is 0 Å². The highest BCUT2D eigenvalue weighted by Crippen LogP contribution is 2.28. The molecule has 1 aliphatic rings. The van der Waals surface area contributed by atoms with Gasteiger partial charge in [-0.15, -0.1) is 0 Å². The lowest BCUT2D eigenvalue weighted by molar-refractivity contribution is -0.140. The van der Waals surface area contributed by atoms with Gasteiger partial charge in [-0.05, 0) is 59.4 Å². The number of likely N-dealkylation sites (N-methyl/N-ethyl adjacent to an activating group) is 1. The van der Waals surface area contributed by atoms with Gasteiger partial charge in [0.25, 0.3) is 11.8 Å². The van der Waals surface area contributed by atoms with Crippen LogP contribution >= 0.6 is 0 Å². The first-order chi connectivity index (χ1) is 20.5. The van der Waals surface area contributed by atoms with E-state index < -0.39 is 47.7 Å². The summed E-state index contributed by atoms with van der Waals surface area (Å²) in [7, 11) is 1.45. The van der Waals surface area contributed by atoms with Gasteiger partial charge in [0.05, 0.1) is 17.2 Å². The average Bonchev–Trinajstić information content (AvgIpc) is 3.21. The van der Waals surface area contributed by atoms with Gasteiger partial charge in [-0.2, -0.15) is 0 Å². The molecule has 3 aromatic carbocycles. The largest absolute Gasteiger partial charge is 0.508 e. The molecule has 1 aliphatic heterocycles. The third kappa shape index (κ3) is 7.36. The summed E-state index contributed by atoms with van der Waals surface area (Å²) < 4.78 is 0. The minimum Gasteiger partial charge on any atom is -0.508 e. The molecule has 11 heteroatoms. The van der Waals surface area contributed by atoms with Gasteiger partial charge >= 0.3 is 5.97 Å². The van der Waals surface area contributed by atoms with Crippen molar-refractivity contribution in [1.29, 1.82) is 0 Å². The van der Waals surface area contributed by atoms with Crippen molar-refractivity contribution in [3.8, 4) is 5.75 Å². The Morgan fingerprint density at radius 1 is 0.837 bits per heavy atom. The van der Waals surface area contributed by atoms with E-state index in [1.165, 1.54) is 19.2 Å². The number of phenolic OH excluding ortho intramolecular Hbond substituents is 1. The van der Waals surface area contributed by atoms with E-state index in [9.17, 15) is 34.2 Å². The zero-order valence-corrected chi connectivity index (χ0v) is 24.3. The minimum atomic E-state index is -1.26. The van der Waals surface area contributed by atoms with Gasteiger partial charge in [-0.25, -0.2) is 0 Å². The van der Waals surface area contributed by atoms with E-state index in [4.69, 9.17) is 0 Å². The molecule has 3 atom stereocenters. The fraction of sp³-hybridized carbons (Fsp3) is 0.344. The number of carboxylic acid groups (broad SMARTS) is 1. The third-order valence-corrected chi connectivity index (χ3v) is 7.46. The van der Waals surface area contributed by atoms with E-state index in [2.05, 4.69) is 16.0 Å². The first-order valence-electron chi connectivity index (χ1n) is 14.2. The van der Waals surface area contributed by atoms with Gasteiger partial charge in [-0.1, -0.05) is 50.2 Å². The van der Waals surface area contributed by atoms with Crippen LogP contribution in [0, 0.1) is 5.92 Å². The molecule has 11 nitrogen and oxygen atoms in total. The molecule has 0 spiro atoms. The van der Waals surface area contributed by atoms with Crippen molar-refractivity contribution in [2.75, 3.05) is 13.6 Å². The van der Waals surface area contributed by atoms with Crippen LogP contribution in [0.15, 0.2) is 60.7 Å². The monoisotopic (exact) mass is 588 g/mol. The summed E-state index contributed by atoms with van der Waals surface area (Å²) in [5, 5.41) is 29.4. The van der Waals surface area contributed by atoms with Crippen LogP contribution in [0.25, 0.3) is 10.8 Å². The summed E-state index contributed by atoms with van der Waals surface area (Å²) in [6.45, 7) is 3.60. The summed E-state index contributed by atoms with van der Waals surface area (Å²) >= 11 is 0. The van der Waals surface area contributed by atoms with Crippen LogP contribution in [0.5, 0.6) is 5.75 Å². The molecule has 0 aliphatic carbocycles. The molecule has 0 fully saturated rings. The van der Waals surface area contributed by atoms with Gasteiger partial charge in [0, 0.05) is 20.0 Å². The number of hydrogen-bond acceptors (Lipinski definition) is 7. The number of carbonyl (C=O) groups excluding carboxylic acids is 4. The fourth-order valence-electron chi connectivity index (χ4n) is 5.21. The molecule has 5 N–H and O–H groups in total. The predicted octanol–water partition coefficient (Wildman–Crippen LogP) is 2.46. The number of nitrogens with zero attached hydrogens (tertiary/aromatic N) is 1. The van der Waals surface area contributed by atoms with Gasteiger partial charge in [0.2, 0.25) is 11.8 Å². The molecule has 4 amide bonds. The highest BCUT2D eigenvalue weighted by molar-refractivity contribution is 6.23. The van der Waals surface area contributed by atoms with Crippen LogP contribution in [-0.4, -0.2) is 76.4 Å². The molecule has 4 rings (SSSR count). The SMILES string of the molecule is CNC(=O)C(Cc1ccc(O)cc1)NC(=O)C(CC(C)C)NC(CCN1C(=O)c2cc3ccccc3cc2C1=O)C(=O)O. The van der Waals surface area contributed by atoms with Gasteiger partial charge in [0.15, 0.2) is 0 Å². The smallest absolute Gasteiger partial charge is 0.320 e. The number of nitrogens with one attached hydrogen (secondary N) is 3. The molecule has 3 aromatic rings. The maximum Gasteiger partial charge on any atom is 0.320 e. The van der Waals surface area contributed by atoms with E-state index in [0.29, 0.717) is 5.56 Å². The number of rotatable bonds is 13. The number of imide groups is 1. The first kappa shape index (κ1) is 31.2. The quantitative estimate of drug-likeness (QED) is 0.190. The van der Waals surface area contributed by atoms with Crippen molar-refractivity contribution < 1.29 is 34.2 Å². The summed E-state index contributed by atoms with van der Waals surface area (Å²) in [6.07, 6.45) is 0.292. The molecular weight excluding hydrogens is 552 g/mol. The van der Waals surface area contributed by atoms with Crippen LogP contribution < -0.4 is 16.0 Å². The molecule has 0 saturated heterocycles. The maximum absolute atomic E-state index is 13.4. The Morgan fingerprint density at radius 3 is 1.93 bits per heavy atom. The van der Waals surface area contributed by atoms with Crippen molar-refractivity contribution in [2.45, 2.75) is 51.2 Å². The maximum atomic E-state index is 13.4. The van der Waals surface area contributed by atoms with Gasteiger partial charge in [0.1, 0.15) is 17.8 Å².